The van der Waals surface area contributed by atoms with Crippen molar-refractivity contribution in [3.63, 3.8) is 0 Å². The maximum atomic E-state index is 13.0. The number of benzene rings is 1. The highest BCUT2D eigenvalue weighted by Crippen LogP contribution is 2.34. The molecule has 0 atom stereocenters. The minimum Gasteiger partial charge on any atom is -0.325 e. The third-order valence-electron chi connectivity index (χ3n) is 2.49. The van der Waals surface area contributed by atoms with E-state index in [1.54, 1.807) is 6.07 Å². The van der Waals surface area contributed by atoms with Gasteiger partial charge in [0.25, 0.3) is 0 Å². The molecule has 2 aromatic rings. The molecule has 0 aliphatic rings. The van der Waals surface area contributed by atoms with Crippen LogP contribution in [0.5, 0.6) is 0 Å². The lowest BCUT2D eigenvalue weighted by Crippen LogP contribution is -2.14. The number of nitriles is 1. The zero-order chi connectivity index (χ0) is 14.0. The highest BCUT2D eigenvalue weighted by atomic mass is 19.4. The van der Waals surface area contributed by atoms with Gasteiger partial charge in [0.2, 0.25) is 0 Å². The Balaban J connectivity index is 2.67. The van der Waals surface area contributed by atoms with E-state index in [0.29, 0.717) is 5.69 Å². The number of aromatic nitrogens is 3. The number of halogens is 3. The van der Waals surface area contributed by atoms with E-state index in [0.717, 1.165) is 10.7 Å². The molecule has 1 heterocycles. The van der Waals surface area contributed by atoms with E-state index in [9.17, 15) is 13.2 Å². The van der Waals surface area contributed by atoms with Crippen molar-refractivity contribution >= 4 is 0 Å². The summed E-state index contributed by atoms with van der Waals surface area (Å²) in [6, 6.07) is 4.91. The fraction of sp³-hybridized carbons (Fsp3) is 0.182. The SMILES string of the molecule is N#Cc1ccc(-n2nncc2CN)c(C(F)(F)F)c1. The van der Waals surface area contributed by atoms with Crippen molar-refractivity contribution in [2.24, 2.45) is 5.73 Å². The first kappa shape index (κ1) is 13.0. The van der Waals surface area contributed by atoms with Crippen molar-refractivity contribution in [3.8, 4) is 11.8 Å². The van der Waals surface area contributed by atoms with Crippen LogP contribution in [0.4, 0.5) is 13.2 Å². The Labute approximate surface area is 106 Å². The van der Waals surface area contributed by atoms with Crippen molar-refractivity contribution in [1.82, 2.24) is 15.0 Å². The lowest BCUT2D eigenvalue weighted by atomic mass is 10.1. The Morgan fingerprint density at radius 2 is 2.11 bits per heavy atom. The number of rotatable bonds is 2. The molecule has 19 heavy (non-hydrogen) atoms. The fourth-order valence-electron chi connectivity index (χ4n) is 1.62. The van der Waals surface area contributed by atoms with Crippen molar-refractivity contribution in [3.05, 3.63) is 41.2 Å². The molecule has 2 N–H and O–H groups in total. The maximum Gasteiger partial charge on any atom is 0.418 e. The molecule has 0 bridgehead atoms. The standard InChI is InChI=1S/C11H8F3N5/c12-11(13,14)9-3-7(4-15)1-2-10(9)19-8(5-16)6-17-18-19/h1-3,6H,5,16H2. The van der Waals surface area contributed by atoms with E-state index in [2.05, 4.69) is 10.3 Å². The number of nitrogens with two attached hydrogens (primary N) is 1. The van der Waals surface area contributed by atoms with Crippen LogP contribution in [0, 0.1) is 11.3 Å². The van der Waals surface area contributed by atoms with Crippen LogP contribution >= 0.6 is 0 Å². The highest BCUT2D eigenvalue weighted by molar-refractivity contribution is 5.48. The van der Waals surface area contributed by atoms with Gasteiger partial charge in [0.05, 0.1) is 34.8 Å². The quantitative estimate of drug-likeness (QED) is 0.896. The molecule has 5 nitrogen and oxygen atoms in total. The minimum absolute atomic E-state index is 0.00426. The summed E-state index contributed by atoms with van der Waals surface area (Å²) in [4.78, 5) is 0. The monoisotopic (exact) mass is 267 g/mol. The Bertz CT molecular complexity index is 639. The van der Waals surface area contributed by atoms with Gasteiger partial charge < -0.3 is 5.73 Å². The van der Waals surface area contributed by atoms with E-state index in [4.69, 9.17) is 11.0 Å². The summed E-state index contributed by atoms with van der Waals surface area (Å²) in [6.07, 6.45) is -3.31. The fourth-order valence-corrected chi connectivity index (χ4v) is 1.62. The molecule has 0 unspecified atom stereocenters. The topological polar surface area (TPSA) is 80.5 Å². The van der Waals surface area contributed by atoms with Gasteiger partial charge in [-0.1, -0.05) is 5.21 Å². The summed E-state index contributed by atoms with van der Waals surface area (Å²) >= 11 is 0. The number of hydrogen-bond donors (Lipinski definition) is 1. The van der Waals surface area contributed by atoms with Gasteiger partial charge in [-0.2, -0.15) is 18.4 Å². The number of alkyl halides is 3. The van der Waals surface area contributed by atoms with Gasteiger partial charge in [-0.15, -0.1) is 5.10 Å². The first-order chi connectivity index (χ1) is 8.97. The second-order valence-electron chi connectivity index (χ2n) is 3.68. The molecule has 0 saturated heterocycles. The van der Waals surface area contributed by atoms with Gasteiger partial charge in [0, 0.05) is 6.54 Å². The van der Waals surface area contributed by atoms with Crippen LogP contribution in [0.2, 0.25) is 0 Å². The molecule has 0 amide bonds. The van der Waals surface area contributed by atoms with E-state index >= 15 is 0 Å². The van der Waals surface area contributed by atoms with Crippen LogP contribution < -0.4 is 5.73 Å². The summed E-state index contributed by atoms with van der Waals surface area (Å²) in [5, 5.41) is 15.8. The Morgan fingerprint density at radius 3 is 2.68 bits per heavy atom. The molecule has 1 aromatic heterocycles. The third-order valence-corrected chi connectivity index (χ3v) is 2.49. The molecule has 0 saturated carbocycles. The molecule has 8 heteroatoms. The number of hydrogen-bond acceptors (Lipinski definition) is 4. The van der Waals surface area contributed by atoms with Crippen LogP contribution in [-0.2, 0) is 12.7 Å². The van der Waals surface area contributed by atoms with Crippen LogP contribution in [0.3, 0.4) is 0 Å². The van der Waals surface area contributed by atoms with E-state index in [-0.39, 0.29) is 17.8 Å². The molecule has 1 aromatic carbocycles. The van der Waals surface area contributed by atoms with Crippen LogP contribution in [0.1, 0.15) is 16.8 Å². The molecule has 0 aliphatic heterocycles. The summed E-state index contributed by atoms with van der Waals surface area (Å²) in [7, 11) is 0. The average Bonchev–Trinajstić information content (AvgIpc) is 2.85. The summed E-state index contributed by atoms with van der Waals surface area (Å²) in [5.41, 5.74) is 4.52. The second kappa shape index (κ2) is 4.70. The van der Waals surface area contributed by atoms with E-state index in [1.807, 2.05) is 0 Å². The van der Waals surface area contributed by atoms with Crippen LogP contribution in [0.15, 0.2) is 24.4 Å². The van der Waals surface area contributed by atoms with E-state index in [1.165, 1.54) is 18.3 Å². The zero-order valence-corrected chi connectivity index (χ0v) is 9.52. The first-order valence-corrected chi connectivity index (χ1v) is 5.18. The Hall–Kier alpha value is -2.40. The lowest BCUT2D eigenvalue weighted by molar-refractivity contribution is -0.137. The molecular formula is C11H8F3N5. The molecule has 2 rings (SSSR count). The van der Waals surface area contributed by atoms with Gasteiger partial charge in [-0.3, -0.25) is 0 Å². The molecule has 0 fully saturated rings. The van der Waals surface area contributed by atoms with Crippen molar-refractivity contribution in [1.29, 1.82) is 5.26 Å². The Morgan fingerprint density at radius 1 is 1.37 bits per heavy atom. The third kappa shape index (κ3) is 2.41. The van der Waals surface area contributed by atoms with Gasteiger partial charge in [-0.05, 0) is 18.2 Å². The molecule has 0 aliphatic carbocycles. The summed E-state index contributed by atoms with van der Waals surface area (Å²) < 4.78 is 40.0. The summed E-state index contributed by atoms with van der Waals surface area (Å²) in [6.45, 7) is 0.00426. The summed E-state index contributed by atoms with van der Waals surface area (Å²) in [5.74, 6) is 0. The van der Waals surface area contributed by atoms with Gasteiger partial charge in [-0.25, -0.2) is 4.68 Å². The van der Waals surface area contributed by atoms with Crippen molar-refractivity contribution < 1.29 is 13.2 Å². The molecular weight excluding hydrogens is 259 g/mol. The average molecular weight is 267 g/mol. The smallest absolute Gasteiger partial charge is 0.325 e. The van der Waals surface area contributed by atoms with Crippen molar-refractivity contribution in [2.45, 2.75) is 12.7 Å². The maximum absolute atomic E-state index is 13.0. The largest absolute Gasteiger partial charge is 0.418 e. The molecule has 0 spiro atoms. The Kier molecular flexibility index (Phi) is 3.23. The highest BCUT2D eigenvalue weighted by Gasteiger charge is 2.35. The lowest BCUT2D eigenvalue weighted by Gasteiger charge is -2.14. The van der Waals surface area contributed by atoms with Gasteiger partial charge in [0.1, 0.15) is 0 Å². The van der Waals surface area contributed by atoms with Gasteiger partial charge >= 0.3 is 6.18 Å². The predicted molar refractivity (Wildman–Crippen MR) is 59.0 cm³/mol. The van der Waals surface area contributed by atoms with E-state index < -0.39 is 11.7 Å². The number of nitrogens with zero attached hydrogens (tertiary/aromatic N) is 4. The van der Waals surface area contributed by atoms with Crippen LogP contribution in [0.25, 0.3) is 5.69 Å². The zero-order valence-electron chi connectivity index (χ0n) is 9.52. The predicted octanol–water partition coefficient (Wildman–Crippen LogP) is 1.62. The molecule has 98 valence electrons. The minimum atomic E-state index is -4.60. The molecule has 0 radical (unpaired) electrons. The first-order valence-electron chi connectivity index (χ1n) is 5.18. The second-order valence-corrected chi connectivity index (χ2v) is 3.68. The normalized spacial score (nSPS) is 11.3. The van der Waals surface area contributed by atoms with Crippen molar-refractivity contribution in [2.75, 3.05) is 0 Å². The van der Waals surface area contributed by atoms with Gasteiger partial charge in [0.15, 0.2) is 0 Å². The van der Waals surface area contributed by atoms with Crippen LogP contribution in [-0.4, -0.2) is 15.0 Å².